The largest absolute Gasteiger partial charge is 0.478 e. The van der Waals surface area contributed by atoms with Gasteiger partial charge in [-0.15, -0.1) is 0 Å². The molecule has 7 heteroatoms. The number of carbonyl (C=O) groups is 2. The third-order valence-corrected chi connectivity index (χ3v) is 2.44. The van der Waals surface area contributed by atoms with Gasteiger partial charge < -0.3 is 10.4 Å². The monoisotopic (exact) mass is 278 g/mol. The van der Waals surface area contributed by atoms with Gasteiger partial charge in [-0.3, -0.25) is 4.79 Å². The fourth-order valence-electron chi connectivity index (χ4n) is 1.53. The molecule has 20 heavy (non-hydrogen) atoms. The molecule has 0 bridgehead atoms. The number of nitrogens with one attached hydrogen (secondary N) is 1. The Morgan fingerprint density at radius 2 is 1.80 bits per heavy atom. The zero-order chi connectivity index (χ0) is 14.7. The maximum Gasteiger partial charge on any atom is 0.335 e. The zero-order valence-corrected chi connectivity index (χ0v) is 9.93. The first-order valence-corrected chi connectivity index (χ1v) is 5.44. The summed E-state index contributed by atoms with van der Waals surface area (Å²) in [7, 11) is 0. The lowest BCUT2D eigenvalue weighted by molar-refractivity contribution is 0.0696. The van der Waals surface area contributed by atoms with Gasteiger partial charge in [-0.1, -0.05) is 6.07 Å². The molecule has 0 aliphatic carbocycles. The molecule has 0 saturated carbocycles. The van der Waals surface area contributed by atoms with Crippen LogP contribution in [0.5, 0.6) is 0 Å². The fourth-order valence-corrected chi connectivity index (χ4v) is 1.53. The Kier molecular flexibility index (Phi) is 3.69. The van der Waals surface area contributed by atoms with Gasteiger partial charge in [-0.2, -0.15) is 0 Å². The summed E-state index contributed by atoms with van der Waals surface area (Å²) >= 11 is 0. The van der Waals surface area contributed by atoms with E-state index in [1.54, 1.807) is 0 Å². The first kappa shape index (κ1) is 13.6. The highest BCUT2D eigenvalue weighted by Crippen LogP contribution is 2.14. The molecule has 0 saturated heterocycles. The number of nitrogens with zero attached hydrogens (tertiary/aromatic N) is 1. The van der Waals surface area contributed by atoms with Gasteiger partial charge in [0.05, 0.1) is 5.56 Å². The van der Waals surface area contributed by atoms with Gasteiger partial charge in [0.1, 0.15) is 23.0 Å². The highest BCUT2D eigenvalue weighted by Gasteiger charge is 2.17. The second-order valence-electron chi connectivity index (χ2n) is 3.79. The van der Waals surface area contributed by atoms with Gasteiger partial charge in [0, 0.05) is 6.20 Å². The lowest BCUT2D eigenvalue weighted by atomic mass is 10.2. The van der Waals surface area contributed by atoms with E-state index in [1.165, 1.54) is 6.07 Å². The van der Waals surface area contributed by atoms with E-state index in [0.717, 1.165) is 30.5 Å². The summed E-state index contributed by atoms with van der Waals surface area (Å²) in [4.78, 5) is 26.2. The number of pyridine rings is 1. The Balaban J connectivity index is 2.28. The highest BCUT2D eigenvalue weighted by molar-refractivity contribution is 6.04. The van der Waals surface area contributed by atoms with Gasteiger partial charge in [0.2, 0.25) is 0 Å². The van der Waals surface area contributed by atoms with Gasteiger partial charge in [0.15, 0.2) is 0 Å². The second kappa shape index (κ2) is 5.43. The third kappa shape index (κ3) is 2.77. The Hall–Kier alpha value is -2.83. The zero-order valence-electron chi connectivity index (χ0n) is 9.93. The number of hydrogen-bond acceptors (Lipinski definition) is 3. The topological polar surface area (TPSA) is 79.3 Å². The van der Waals surface area contributed by atoms with Crippen LogP contribution in [0.1, 0.15) is 20.7 Å². The number of anilines is 1. The van der Waals surface area contributed by atoms with Crippen LogP contribution in [0, 0.1) is 11.6 Å². The normalized spacial score (nSPS) is 10.1. The Labute approximate surface area is 111 Å². The molecule has 1 amide bonds. The van der Waals surface area contributed by atoms with E-state index in [2.05, 4.69) is 10.3 Å². The standard InChI is InChI=1S/C13H8F2N2O3/c14-8-2-1-3-9(15)11(8)12(18)17-10-6-7(13(19)20)4-5-16-10/h1-6H,(H,19,20)(H,16,17,18). The summed E-state index contributed by atoms with van der Waals surface area (Å²) in [6.45, 7) is 0. The van der Waals surface area contributed by atoms with E-state index >= 15 is 0 Å². The lowest BCUT2D eigenvalue weighted by Gasteiger charge is -2.06. The number of hydrogen-bond donors (Lipinski definition) is 2. The molecule has 102 valence electrons. The van der Waals surface area contributed by atoms with Crippen molar-refractivity contribution in [3.05, 3.63) is 59.3 Å². The molecule has 0 aliphatic heterocycles. The van der Waals surface area contributed by atoms with Crippen molar-refractivity contribution in [2.75, 3.05) is 5.32 Å². The van der Waals surface area contributed by atoms with Crippen molar-refractivity contribution in [2.24, 2.45) is 0 Å². The summed E-state index contributed by atoms with van der Waals surface area (Å²) in [5, 5.41) is 10.9. The average molecular weight is 278 g/mol. The molecule has 1 heterocycles. The quantitative estimate of drug-likeness (QED) is 0.903. The number of rotatable bonds is 3. The van der Waals surface area contributed by atoms with Crippen LogP contribution in [0.2, 0.25) is 0 Å². The summed E-state index contributed by atoms with van der Waals surface area (Å²) in [5.41, 5.74) is -0.862. The van der Waals surface area contributed by atoms with Crippen molar-refractivity contribution >= 4 is 17.7 Å². The molecular formula is C13H8F2N2O3. The van der Waals surface area contributed by atoms with Crippen LogP contribution in [0.25, 0.3) is 0 Å². The summed E-state index contributed by atoms with van der Waals surface area (Å²) in [5.74, 6) is -4.40. The van der Waals surface area contributed by atoms with Crippen LogP contribution in [0.4, 0.5) is 14.6 Å². The molecule has 2 N–H and O–H groups in total. The Morgan fingerprint density at radius 1 is 1.15 bits per heavy atom. The molecule has 1 aromatic heterocycles. The van der Waals surface area contributed by atoms with E-state index in [9.17, 15) is 18.4 Å². The molecule has 0 aliphatic rings. The average Bonchev–Trinajstić information content (AvgIpc) is 2.38. The van der Waals surface area contributed by atoms with Crippen molar-refractivity contribution < 1.29 is 23.5 Å². The van der Waals surface area contributed by atoms with Crippen molar-refractivity contribution in [3.8, 4) is 0 Å². The van der Waals surface area contributed by atoms with Crippen molar-refractivity contribution in [1.29, 1.82) is 0 Å². The molecule has 2 rings (SSSR count). The van der Waals surface area contributed by atoms with Crippen LogP contribution >= 0.6 is 0 Å². The van der Waals surface area contributed by atoms with E-state index in [-0.39, 0.29) is 11.4 Å². The molecular weight excluding hydrogens is 270 g/mol. The summed E-state index contributed by atoms with van der Waals surface area (Å²) in [6, 6.07) is 5.32. The van der Waals surface area contributed by atoms with E-state index in [1.807, 2.05) is 0 Å². The number of benzene rings is 1. The predicted molar refractivity (Wildman–Crippen MR) is 65.5 cm³/mol. The molecule has 0 radical (unpaired) electrons. The van der Waals surface area contributed by atoms with Crippen molar-refractivity contribution in [2.45, 2.75) is 0 Å². The minimum Gasteiger partial charge on any atom is -0.478 e. The molecule has 0 fully saturated rings. The van der Waals surface area contributed by atoms with E-state index in [0.29, 0.717) is 0 Å². The van der Waals surface area contributed by atoms with E-state index < -0.39 is 29.1 Å². The summed E-state index contributed by atoms with van der Waals surface area (Å²) < 4.78 is 26.8. The lowest BCUT2D eigenvalue weighted by Crippen LogP contribution is -2.17. The summed E-state index contributed by atoms with van der Waals surface area (Å²) in [6.07, 6.45) is 1.16. The Bertz CT molecular complexity index is 669. The van der Waals surface area contributed by atoms with Crippen LogP contribution in [-0.2, 0) is 0 Å². The van der Waals surface area contributed by atoms with Gasteiger partial charge >= 0.3 is 5.97 Å². The number of amides is 1. The molecule has 0 spiro atoms. The molecule has 5 nitrogen and oxygen atoms in total. The fraction of sp³-hybridized carbons (Fsp3) is 0. The van der Waals surface area contributed by atoms with E-state index in [4.69, 9.17) is 5.11 Å². The maximum absolute atomic E-state index is 13.4. The Morgan fingerprint density at radius 3 is 2.40 bits per heavy atom. The van der Waals surface area contributed by atoms with Crippen LogP contribution < -0.4 is 5.32 Å². The minimum atomic E-state index is -1.21. The number of aromatic nitrogens is 1. The van der Waals surface area contributed by atoms with Gasteiger partial charge in [-0.25, -0.2) is 18.6 Å². The SMILES string of the molecule is O=C(O)c1ccnc(NC(=O)c2c(F)cccc2F)c1. The molecule has 2 aromatic rings. The minimum absolute atomic E-state index is 0.107. The van der Waals surface area contributed by atoms with Crippen LogP contribution in [0.15, 0.2) is 36.5 Å². The molecule has 0 atom stereocenters. The number of carboxylic acid groups (broad SMARTS) is 1. The highest BCUT2D eigenvalue weighted by atomic mass is 19.1. The molecule has 0 unspecified atom stereocenters. The number of carbonyl (C=O) groups excluding carboxylic acids is 1. The van der Waals surface area contributed by atoms with Crippen molar-refractivity contribution in [1.82, 2.24) is 4.98 Å². The first-order valence-electron chi connectivity index (χ1n) is 5.44. The second-order valence-corrected chi connectivity index (χ2v) is 3.79. The number of aromatic carboxylic acids is 1. The third-order valence-electron chi connectivity index (χ3n) is 2.44. The maximum atomic E-state index is 13.4. The predicted octanol–water partition coefficient (Wildman–Crippen LogP) is 2.31. The first-order chi connectivity index (χ1) is 9.49. The number of carboxylic acids is 1. The van der Waals surface area contributed by atoms with Gasteiger partial charge in [0.25, 0.3) is 5.91 Å². The van der Waals surface area contributed by atoms with Crippen LogP contribution in [0.3, 0.4) is 0 Å². The molecule has 1 aromatic carbocycles. The van der Waals surface area contributed by atoms with Gasteiger partial charge in [-0.05, 0) is 24.3 Å². The van der Waals surface area contributed by atoms with Crippen molar-refractivity contribution in [3.63, 3.8) is 0 Å². The number of halogens is 2. The van der Waals surface area contributed by atoms with Crippen LogP contribution in [-0.4, -0.2) is 22.0 Å². The smallest absolute Gasteiger partial charge is 0.335 e.